The van der Waals surface area contributed by atoms with E-state index in [1.54, 1.807) is 6.20 Å². The standard InChI is InChI=1S/C16H25N3O2/c1-5-6-17-14-9-12(2)18-10-13(14)15(20)19-7-8-21-16(3,4)11-19/h9-10H,5-8,11H2,1-4H3,(H,17,18). The zero-order chi connectivity index (χ0) is 15.5. The van der Waals surface area contributed by atoms with Crippen molar-refractivity contribution in [2.24, 2.45) is 0 Å². The first-order valence-corrected chi connectivity index (χ1v) is 7.57. The highest BCUT2D eigenvalue weighted by Gasteiger charge is 2.31. The number of aryl methyl sites for hydroxylation is 1. The number of hydrogen-bond donors (Lipinski definition) is 1. The Morgan fingerprint density at radius 1 is 1.52 bits per heavy atom. The highest BCUT2D eigenvalue weighted by molar-refractivity contribution is 5.99. The number of amides is 1. The van der Waals surface area contributed by atoms with Gasteiger partial charge in [-0.3, -0.25) is 9.78 Å². The molecular formula is C16H25N3O2. The molecule has 1 aromatic heterocycles. The lowest BCUT2D eigenvalue weighted by molar-refractivity contribution is -0.0763. The molecule has 1 N–H and O–H groups in total. The Hall–Kier alpha value is -1.62. The van der Waals surface area contributed by atoms with Crippen LogP contribution in [-0.4, -0.2) is 47.6 Å². The van der Waals surface area contributed by atoms with Gasteiger partial charge < -0.3 is 15.0 Å². The maximum absolute atomic E-state index is 12.8. The van der Waals surface area contributed by atoms with Crippen molar-refractivity contribution < 1.29 is 9.53 Å². The molecule has 0 unspecified atom stereocenters. The summed E-state index contributed by atoms with van der Waals surface area (Å²) in [6, 6.07) is 1.94. The molecule has 1 aliphatic heterocycles. The SMILES string of the molecule is CCCNc1cc(C)ncc1C(=O)N1CCOC(C)(C)C1. The number of pyridine rings is 1. The predicted octanol–water partition coefficient (Wildman–Crippen LogP) is 2.46. The quantitative estimate of drug-likeness (QED) is 0.926. The third-order valence-corrected chi connectivity index (χ3v) is 3.55. The Morgan fingerprint density at radius 3 is 2.95 bits per heavy atom. The van der Waals surface area contributed by atoms with E-state index in [1.807, 2.05) is 31.7 Å². The number of aromatic nitrogens is 1. The number of ether oxygens (including phenoxy) is 1. The lowest BCUT2D eigenvalue weighted by atomic mass is 10.1. The molecule has 5 nitrogen and oxygen atoms in total. The summed E-state index contributed by atoms with van der Waals surface area (Å²) in [7, 11) is 0. The Balaban J connectivity index is 2.21. The van der Waals surface area contributed by atoms with Gasteiger partial charge in [-0.25, -0.2) is 0 Å². The molecule has 1 aliphatic rings. The van der Waals surface area contributed by atoms with Crippen LogP contribution < -0.4 is 5.32 Å². The van der Waals surface area contributed by atoms with Crippen LogP contribution in [0.15, 0.2) is 12.3 Å². The number of morpholine rings is 1. The summed E-state index contributed by atoms with van der Waals surface area (Å²) in [4.78, 5) is 18.9. The van der Waals surface area contributed by atoms with E-state index in [1.165, 1.54) is 0 Å². The zero-order valence-electron chi connectivity index (χ0n) is 13.4. The van der Waals surface area contributed by atoms with Crippen LogP contribution in [0.25, 0.3) is 0 Å². The molecule has 0 aromatic carbocycles. The van der Waals surface area contributed by atoms with Crippen molar-refractivity contribution in [3.05, 3.63) is 23.5 Å². The van der Waals surface area contributed by atoms with Crippen molar-refractivity contribution in [1.82, 2.24) is 9.88 Å². The molecular weight excluding hydrogens is 266 g/mol. The molecule has 21 heavy (non-hydrogen) atoms. The van der Waals surface area contributed by atoms with Crippen LogP contribution >= 0.6 is 0 Å². The van der Waals surface area contributed by atoms with Crippen molar-refractivity contribution in [3.8, 4) is 0 Å². The number of nitrogens with one attached hydrogen (secondary N) is 1. The third-order valence-electron chi connectivity index (χ3n) is 3.55. The summed E-state index contributed by atoms with van der Waals surface area (Å²) in [5.74, 6) is 0.0254. The lowest BCUT2D eigenvalue weighted by Gasteiger charge is -2.38. The molecule has 1 fully saturated rings. The van der Waals surface area contributed by atoms with E-state index in [9.17, 15) is 4.79 Å². The number of nitrogens with zero attached hydrogens (tertiary/aromatic N) is 2. The van der Waals surface area contributed by atoms with Gasteiger partial charge in [-0.2, -0.15) is 0 Å². The summed E-state index contributed by atoms with van der Waals surface area (Å²) >= 11 is 0. The molecule has 1 aromatic rings. The van der Waals surface area contributed by atoms with E-state index in [2.05, 4.69) is 17.2 Å². The second-order valence-corrected chi connectivity index (χ2v) is 6.13. The Kier molecular flexibility index (Phi) is 4.83. The van der Waals surface area contributed by atoms with Gasteiger partial charge in [0.05, 0.1) is 23.5 Å². The zero-order valence-corrected chi connectivity index (χ0v) is 13.4. The van der Waals surface area contributed by atoms with Gasteiger partial charge in [-0.05, 0) is 33.3 Å². The van der Waals surface area contributed by atoms with Gasteiger partial charge in [0.25, 0.3) is 5.91 Å². The van der Waals surface area contributed by atoms with Crippen LogP contribution in [0.1, 0.15) is 43.2 Å². The molecule has 2 heterocycles. The molecule has 0 atom stereocenters. The molecule has 0 saturated carbocycles. The summed E-state index contributed by atoms with van der Waals surface area (Å²) in [6.07, 6.45) is 2.69. The van der Waals surface area contributed by atoms with Crippen LogP contribution in [0.3, 0.4) is 0 Å². The Labute approximate surface area is 126 Å². The average Bonchev–Trinajstić information content (AvgIpc) is 2.43. The maximum atomic E-state index is 12.8. The molecule has 0 radical (unpaired) electrons. The molecule has 1 saturated heterocycles. The predicted molar refractivity (Wildman–Crippen MR) is 83.7 cm³/mol. The van der Waals surface area contributed by atoms with E-state index in [-0.39, 0.29) is 11.5 Å². The molecule has 1 amide bonds. The minimum absolute atomic E-state index is 0.0254. The van der Waals surface area contributed by atoms with Gasteiger partial charge in [0.2, 0.25) is 0 Å². The highest BCUT2D eigenvalue weighted by atomic mass is 16.5. The third kappa shape index (κ3) is 3.94. The summed E-state index contributed by atoms with van der Waals surface area (Å²) in [6.45, 7) is 10.7. The fraction of sp³-hybridized carbons (Fsp3) is 0.625. The highest BCUT2D eigenvalue weighted by Crippen LogP contribution is 2.22. The summed E-state index contributed by atoms with van der Waals surface area (Å²) < 4.78 is 5.67. The summed E-state index contributed by atoms with van der Waals surface area (Å²) in [5.41, 5.74) is 2.14. The second kappa shape index (κ2) is 6.43. The fourth-order valence-electron chi connectivity index (χ4n) is 2.50. The van der Waals surface area contributed by atoms with Crippen LogP contribution in [0.2, 0.25) is 0 Å². The lowest BCUT2D eigenvalue weighted by Crippen LogP contribution is -2.50. The van der Waals surface area contributed by atoms with E-state index in [0.29, 0.717) is 25.3 Å². The normalized spacial score (nSPS) is 17.6. The van der Waals surface area contributed by atoms with Gasteiger partial charge in [0.15, 0.2) is 0 Å². The largest absolute Gasteiger partial charge is 0.384 e. The first kappa shape index (κ1) is 15.8. The van der Waals surface area contributed by atoms with Crippen molar-refractivity contribution in [3.63, 3.8) is 0 Å². The Bertz CT molecular complexity index is 514. The number of carbonyl (C=O) groups excluding carboxylic acids is 1. The monoisotopic (exact) mass is 291 g/mol. The Morgan fingerprint density at radius 2 is 2.29 bits per heavy atom. The minimum atomic E-state index is -0.289. The van der Waals surface area contributed by atoms with Gasteiger partial charge >= 0.3 is 0 Å². The second-order valence-electron chi connectivity index (χ2n) is 6.13. The number of rotatable bonds is 4. The van der Waals surface area contributed by atoms with E-state index in [4.69, 9.17) is 4.74 Å². The van der Waals surface area contributed by atoms with Crippen LogP contribution in [0.4, 0.5) is 5.69 Å². The number of carbonyl (C=O) groups is 1. The topological polar surface area (TPSA) is 54.5 Å². The molecule has 116 valence electrons. The number of hydrogen-bond acceptors (Lipinski definition) is 4. The number of anilines is 1. The first-order chi connectivity index (χ1) is 9.93. The van der Waals surface area contributed by atoms with Crippen molar-refractivity contribution in [1.29, 1.82) is 0 Å². The van der Waals surface area contributed by atoms with E-state index < -0.39 is 0 Å². The maximum Gasteiger partial charge on any atom is 0.257 e. The molecule has 2 rings (SSSR count). The van der Waals surface area contributed by atoms with Gasteiger partial charge in [-0.15, -0.1) is 0 Å². The van der Waals surface area contributed by atoms with Crippen molar-refractivity contribution in [2.45, 2.75) is 39.7 Å². The van der Waals surface area contributed by atoms with Crippen LogP contribution in [0.5, 0.6) is 0 Å². The minimum Gasteiger partial charge on any atom is -0.384 e. The molecule has 0 spiro atoms. The first-order valence-electron chi connectivity index (χ1n) is 7.57. The van der Waals surface area contributed by atoms with Gasteiger partial charge in [0, 0.05) is 31.5 Å². The van der Waals surface area contributed by atoms with E-state index >= 15 is 0 Å². The van der Waals surface area contributed by atoms with Crippen LogP contribution in [-0.2, 0) is 4.74 Å². The smallest absolute Gasteiger partial charge is 0.257 e. The molecule has 0 aliphatic carbocycles. The van der Waals surface area contributed by atoms with Crippen molar-refractivity contribution >= 4 is 11.6 Å². The van der Waals surface area contributed by atoms with Crippen molar-refractivity contribution in [2.75, 3.05) is 31.6 Å². The fourth-order valence-corrected chi connectivity index (χ4v) is 2.50. The van der Waals surface area contributed by atoms with Gasteiger partial charge in [-0.1, -0.05) is 6.92 Å². The molecule has 0 bridgehead atoms. The van der Waals surface area contributed by atoms with E-state index in [0.717, 1.165) is 24.3 Å². The molecule has 5 heteroatoms. The van der Waals surface area contributed by atoms with Crippen LogP contribution in [0, 0.1) is 6.92 Å². The summed E-state index contributed by atoms with van der Waals surface area (Å²) in [5, 5.41) is 3.33. The average molecular weight is 291 g/mol. The van der Waals surface area contributed by atoms with Gasteiger partial charge in [0.1, 0.15) is 0 Å².